The summed E-state index contributed by atoms with van der Waals surface area (Å²) in [6.07, 6.45) is 4.40. The van der Waals surface area contributed by atoms with Crippen LogP contribution in [0.1, 0.15) is 42.4 Å². The molecule has 0 aliphatic carbocycles. The van der Waals surface area contributed by atoms with E-state index >= 15 is 0 Å². The maximum atomic E-state index is 6.50. The quantitative estimate of drug-likeness (QED) is 0.777. The van der Waals surface area contributed by atoms with E-state index in [0.717, 1.165) is 43.9 Å². The molecule has 0 bridgehead atoms. The SMILES string of the molecule is CCc1cc(CCCCN)cc(C2CNC2)c1Cl. The van der Waals surface area contributed by atoms with Crippen LogP contribution >= 0.6 is 11.6 Å². The Morgan fingerprint density at radius 2 is 2.11 bits per heavy atom. The third kappa shape index (κ3) is 3.05. The van der Waals surface area contributed by atoms with Gasteiger partial charge in [-0.3, -0.25) is 0 Å². The van der Waals surface area contributed by atoms with Crippen molar-refractivity contribution in [2.75, 3.05) is 19.6 Å². The van der Waals surface area contributed by atoms with E-state index in [0.29, 0.717) is 5.92 Å². The normalized spacial score (nSPS) is 15.7. The maximum Gasteiger partial charge on any atom is 0.0473 e. The van der Waals surface area contributed by atoms with Crippen LogP contribution in [0.3, 0.4) is 0 Å². The van der Waals surface area contributed by atoms with Gasteiger partial charge in [-0.25, -0.2) is 0 Å². The Kier molecular flexibility index (Phi) is 5.04. The lowest BCUT2D eigenvalue weighted by Gasteiger charge is -2.29. The Morgan fingerprint density at radius 3 is 2.67 bits per heavy atom. The molecule has 1 aromatic rings. The summed E-state index contributed by atoms with van der Waals surface area (Å²) in [4.78, 5) is 0. The number of nitrogens with one attached hydrogen (secondary N) is 1. The van der Waals surface area contributed by atoms with Crippen molar-refractivity contribution in [3.8, 4) is 0 Å². The molecule has 1 saturated heterocycles. The molecular formula is C15H23ClN2. The number of nitrogens with two attached hydrogens (primary N) is 1. The number of benzene rings is 1. The summed E-state index contributed by atoms with van der Waals surface area (Å²) >= 11 is 6.50. The van der Waals surface area contributed by atoms with E-state index < -0.39 is 0 Å². The number of unbranched alkanes of at least 4 members (excludes halogenated alkanes) is 1. The summed E-state index contributed by atoms with van der Waals surface area (Å²) in [5.74, 6) is 0.609. The van der Waals surface area contributed by atoms with Gasteiger partial charge in [0.2, 0.25) is 0 Å². The van der Waals surface area contributed by atoms with Crippen molar-refractivity contribution < 1.29 is 0 Å². The zero-order valence-corrected chi connectivity index (χ0v) is 11.9. The lowest BCUT2D eigenvalue weighted by molar-refractivity contribution is 0.448. The number of halogens is 1. The van der Waals surface area contributed by atoms with Gasteiger partial charge in [0, 0.05) is 24.0 Å². The Labute approximate surface area is 115 Å². The first-order chi connectivity index (χ1) is 8.76. The third-order valence-electron chi connectivity index (χ3n) is 3.76. The Hall–Kier alpha value is -0.570. The average Bonchev–Trinajstić information content (AvgIpc) is 2.31. The molecule has 0 radical (unpaired) electrons. The van der Waals surface area contributed by atoms with Crippen LogP contribution in [0.4, 0.5) is 0 Å². The van der Waals surface area contributed by atoms with Gasteiger partial charge in [0.15, 0.2) is 0 Å². The van der Waals surface area contributed by atoms with Crippen LogP contribution in [0.15, 0.2) is 12.1 Å². The third-order valence-corrected chi connectivity index (χ3v) is 4.22. The van der Waals surface area contributed by atoms with Gasteiger partial charge >= 0.3 is 0 Å². The molecule has 1 fully saturated rings. The Bertz CT molecular complexity index is 400. The maximum absolute atomic E-state index is 6.50. The highest BCUT2D eigenvalue weighted by atomic mass is 35.5. The summed E-state index contributed by atoms with van der Waals surface area (Å²) in [5.41, 5.74) is 9.62. The highest BCUT2D eigenvalue weighted by molar-refractivity contribution is 6.32. The molecule has 0 aromatic heterocycles. The summed E-state index contributed by atoms with van der Waals surface area (Å²) in [7, 11) is 0. The lowest BCUT2D eigenvalue weighted by Crippen LogP contribution is -2.40. The van der Waals surface area contributed by atoms with Crippen LogP contribution in [0.2, 0.25) is 5.02 Å². The van der Waals surface area contributed by atoms with Gasteiger partial charge in [-0.1, -0.05) is 30.7 Å². The molecule has 1 aliphatic heterocycles. The summed E-state index contributed by atoms with van der Waals surface area (Å²) in [6.45, 7) is 5.09. The predicted octanol–water partition coefficient (Wildman–Crippen LogP) is 2.87. The Balaban J connectivity index is 2.18. The molecule has 0 spiro atoms. The summed E-state index contributed by atoms with van der Waals surface area (Å²) in [6, 6.07) is 4.58. The molecule has 3 N–H and O–H groups in total. The molecule has 2 nitrogen and oxygen atoms in total. The fraction of sp³-hybridized carbons (Fsp3) is 0.600. The van der Waals surface area contributed by atoms with Crippen LogP contribution in [-0.4, -0.2) is 19.6 Å². The van der Waals surface area contributed by atoms with Gasteiger partial charge in [0.25, 0.3) is 0 Å². The lowest BCUT2D eigenvalue weighted by atomic mass is 9.89. The number of aryl methyl sites for hydroxylation is 2. The van der Waals surface area contributed by atoms with Gasteiger partial charge < -0.3 is 11.1 Å². The molecule has 3 heteroatoms. The van der Waals surface area contributed by atoms with Gasteiger partial charge in [-0.05, 0) is 48.9 Å². The van der Waals surface area contributed by atoms with E-state index in [-0.39, 0.29) is 0 Å². The number of hydrogen-bond donors (Lipinski definition) is 2. The largest absolute Gasteiger partial charge is 0.330 e. The van der Waals surface area contributed by atoms with Crippen molar-refractivity contribution in [2.24, 2.45) is 5.73 Å². The van der Waals surface area contributed by atoms with Gasteiger partial charge in [-0.2, -0.15) is 0 Å². The fourth-order valence-electron chi connectivity index (χ4n) is 2.46. The molecule has 2 rings (SSSR count). The van der Waals surface area contributed by atoms with E-state index in [4.69, 9.17) is 17.3 Å². The molecule has 1 aliphatic rings. The first-order valence-corrected chi connectivity index (χ1v) is 7.36. The topological polar surface area (TPSA) is 38.0 Å². The van der Waals surface area contributed by atoms with Crippen LogP contribution in [-0.2, 0) is 12.8 Å². The van der Waals surface area contributed by atoms with Gasteiger partial charge in [0.05, 0.1) is 0 Å². The zero-order valence-electron chi connectivity index (χ0n) is 11.1. The van der Waals surface area contributed by atoms with Crippen molar-refractivity contribution in [1.82, 2.24) is 5.32 Å². The zero-order chi connectivity index (χ0) is 13.0. The summed E-state index contributed by atoms with van der Waals surface area (Å²) < 4.78 is 0. The minimum absolute atomic E-state index is 0.609. The first-order valence-electron chi connectivity index (χ1n) is 6.98. The highest BCUT2D eigenvalue weighted by Gasteiger charge is 2.22. The molecule has 1 aromatic carbocycles. The first kappa shape index (κ1) is 13.9. The smallest absolute Gasteiger partial charge is 0.0473 e. The molecular weight excluding hydrogens is 244 g/mol. The van der Waals surface area contributed by atoms with Gasteiger partial charge in [-0.15, -0.1) is 0 Å². The van der Waals surface area contributed by atoms with Gasteiger partial charge in [0.1, 0.15) is 0 Å². The second kappa shape index (κ2) is 6.55. The van der Waals surface area contributed by atoms with Crippen molar-refractivity contribution in [3.63, 3.8) is 0 Å². The molecule has 0 amide bonds. The number of hydrogen-bond acceptors (Lipinski definition) is 2. The van der Waals surface area contributed by atoms with E-state index in [1.807, 2.05) is 0 Å². The molecule has 0 saturated carbocycles. The monoisotopic (exact) mass is 266 g/mol. The van der Waals surface area contributed by atoms with Crippen molar-refractivity contribution in [2.45, 2.75) is 38.5 Å². The fourth-order valence-corrected chi connectivity index (χ4v) is 2.86. The van der Waals surface area contributed by atoms with Crippen LogP contribution in [0.5, 0.6) is 0 Å². The Morgan fingerprint density at radius 1 is 1.33 bits per heavy atom. The summed E-state index contributed by atoms with van der Waals surface area (Å²) in [5, 5.41) is 4.31. The second-order valence-corrected chi connectivity index (χ2v) is 5.49. The highest BCUT2D eigenvalue weighted by Crippen LogP contribution is 2.32. The van der Waals surface area contributed by atoms with Crippen molar-refractivity contribution in [3.05, 3.63) is 33.8 Å². The molecule has 1 heterocycles. The second-order valence-electron chi connectivity index (χ2n) is 5.11. The molecule has 0 unspecified atom stereocenters. The van der Waals surface area contributed by atoms with E-state index in [2.05, 4.69) is 24.4 Å². The number of rotatable bonds is 6. The molecule has 0 atom stereocenters. The van der Waals surface area contributed by atoms with E-state index in [1.54, 1.807) is 0 Å². The van der Waals surface area contributed by atoms with E-state index in [1.165, 1.54) is 23.1 Å². The minimum Gasteiger partial charge on any atom is -0.330 e. The standard InChI is InChI=1S/C15H23ClN2/c1-2-12-7-11(5-3-4-6-17)8-14(15(12)16)13-9-18-10-13/h7-8,13,18H,2-6,9-10,17H2,1H3. The van der Waals surface area contributed by atoms with Crippen molar-refractivity contribution in [1.29, 1.82) is 0 Å². The minimum atomic E-state index is 0.609. The predicted molar refractivity (Wildman–Crippen MR) is 78.4 cm³/mol. The average molecular weight is 267 g/mol. The van der Waals surface area contributed by atoms with Crippen molar-refractivity contribution >= 4 is 11.6 Å². The van der Waals surface area contributed by atoms with Crippen LogP contribution in [0, 0.1) is 0 Å². The van der Waals surface area contributed by atoms with Crippen LogP contribution < -0.4 is 11.1 Å². The molecule has 18 heavy (non-hydrogen) atoms. The van der Waals surface area contributed by atoms with E-state index in [9.17, 15) is 0 Å². The van der Waals surface area contributed by atoms with Crippen LogP contribution in [0.25, 0.3) is 0 Å². The molecule has 100 valence electrons.